The molecule has 0 unspecified atom stereocenters. The van der Waals surface area contributed by atoms with Crippen LogP contribution in [0.5, 0.6) is 0 Å². The first kappa shape index (κ1) is 16.0. The van der Waals surface area contributed by atoms with E-state index >= 15 is 0 Å². The predicted molar refractivity (Wildman–Crippen MR) is 88.8 cm³/mol. The molecule has 0 radical (unpaired) electrons. The first-order chi connectivity index (χ1) is 9.13. The summed E-state index contributed by atoms with van der Waals surface area (Å²) in [5.74, 6) is 0. The zero-order valence-electron chi connectivity index (χ0n) is 12.4. The molecule has 3 heteroatoms. The fraction of sp³-hybridized carbons (Fsp3) is 0.562. The minimum atomic E-state index is 0.805. The van der Waals surface area contributed by atoms with Gasteiger partial charge < -0.3 is 10.2 Å². The van der Waals surface area contributed by atoms with Gasteiger partial charge in [-0.05, 0) is 37.7 Å². The number of aryl methyl sites for hydroxylation is 1. The molecule has 0 atom stereocenters. The standard InChI is InChI=1S/C16H26N2S/c1-4-5-6-7-8-13-18(3)16(19)17-15-11-9-14(2)10-12-15/h9-12H,4-8,13H2,1-3H3,(H,17,19). The van der Waals surface area contributed by atoms with Crippen LogP contribution in [-0.4, -0.2) is 23.6 Å². The molecule has 0 heterocycles. The third-order valence-corrected chi connectivity index (χ3v) is 3.66. The number of thiocarbonyl (C=S) groups is 1. The van der Waals surface area contributed by atoms with Crippen molar-refractivity contribution in [2.24, 2.45) is 0 Å². The van der Waals surface area contributed by atoms with Crippen LogP contribution in [0.3, 0.4) is 0 Å². The quantitative estimate of drug-likeness (QED) is 0.580. The summed E-state index contributed by atoms with van der Waals surface area (Å²) in [4.78, 5) is 2.13. The second-order valence-corrected chi connectivity index (χ2v) is 5.52. The lowest BCUT2D eigenvalue weighted by Crippen LogP contribution is -2.31. The highest BCUT2D eigenvalue weighted by atomic mass is 32.1. The molecule has 106 valence electrons. The number of unbranched alkanes of at least 4 members (excludes halogenated alkanes) is 4. The second-order valence-electron chi connectivity index (χ2n) is 5.13. The molecule has 0 fully saturated rings. The molecule has 0 spiro atoms. The molecule has 0 bridgehead atoms. The largest absolute Gasteiger partial charge is 0.352 e. The lowest BCUT2D eigenvalue weighted by Gasteiger charge is -2.21. The Labute approximate surface area is 123 Å². The molecule has 1 aromatic carbocycles. The van der Waals surface area contributed by atoms with Crippen molar-refractivity contribution in [1.29, 1.82) is 0 Å². The van der Waals surface area contributed by atoms with Crippen molar-refractivity contribution in [2.75, 3.05) is 18.9 Å². The van der Waals surface area contributed by atoms with Gasteiger partial charge in [-0.25, -0.2) is 0 Å². The van der Waals surface area contributed by atoms with Gasteiger partial charge in [-0.3, -0.25) is 0 Å². The van der Waals surface area contributed by atoms with E-state index in [0.717, 1.165) is 17.3 Å². The summed E-state index contributed by atoms with van der Waals surface area (Å²) in [5.41, 5.74) is 2.33. The number of hydrogen-bond donors (Lipinski definition) is 1. The van der Waals surface area contributed by atoms with E-state index in [0.29, 0.717) is 0 Å². The molecule has 0 amide bonds. The molecule has 0 aromatic heterocycles. The molecule has 0 saturated heterocycles. The van der Waals surface area contributed by atoms with E-state index in [9.17, 15) is 0 Å². The van der Waals surface area contributed by atoms with Crippen LogP contribution in [0.1, 0.15) is 44.6 Å². The van der Waals surface area contributed by atoms with Crippen molar-refractivity contribution >= 4 is 23.0 Å². The van der Waals surface area contributed by atoms with Gasteiger partial charge >= 0.3 is 0 Å². The number of benzene rings is 1. The number of rotatable bonds is 7. The lowest BCUT2D eigenvalue weighted by atomic mass is 10.1. The zero-order chi connectivity index (χ0) is 14.1. The van der Waals surface area contributed by atoms with Gasteiger partial charge in [0.15, 0.2) is 5.11 Å². The third-order valence-electron chi connectivity index (χ3n) is 3.25. The Bertz CT molecular complexity index is 373. The second kappa shape index (κ2) is 8.92. The number of nitrogens with zero attached hydrogens (tertiary/aromatic N) is 1. The van der Waals surface area contributed by atoms with Crippen LogP contribution < -0.4 is 5.32 Å². The van der Waals surface area contributed by atoms with Crippen molar-refractivity contribution < 1.29 is 0 Å². The topological polar surface area (TPSA) is 15.3 Å². The molecule has 19 heavy (non-hydrogen) atoms. The summed E-state index contributed by atoms with van der Waals surface area (Å²) in [6.07, 6.45) is 6.49. The number of nitrogens with one attached hydrogen (secondary N) is 1. The average molecular weight is 278 g/mol. The third kappa shape index (κ3) is 6.58. The fourth-order valence-corrected chi connectivity index (χ4v) is 2.12. The summed E-state index contributed by atoms with van der Waals surface area (Å²) in [6.45, 7) is 5.36. The molecule has 0 aliphatic rings. The molecular weight excluding hydrogens is 252 g/mol. The van der Waals surface area contributed by atoms with E-state index in [1.807, 2.05) is 0 Å². The van der Waals surface area contributed by atoms with Crippen LogP contribution in [0.15, 0.2) is 24.3 Å². The molecule has 1 N–H and O–H groups in total. The van der Waals surface area contributed by atoms with Gasteiger partial charge in [-0.1, -0.05) is 50.3 Å². The molecule has 2 nitrogen and oxygen atoms in total. The molecule has 0 aliphatic heterocycles. The van der Waals surface area contributed by atoms with Gasteiger partial charge in [0, 0.05) is 19.3 Å². The van der Waals surface area contributed by atoms with Gasteiger partial charge in [-0.2, -0.15) is 0 Å². The van der Waals surface area contributed by atoms with E-state index in [1.165, 1.54) is 37.7 Å². The number of anilines is 1. The summed E-state index contributed by atoms with van der Waals surface area (Å²) in [7, 11) is 2.06. The smallest absolute Gasteiger partial charge is 0.173 e. The van der Waals surface area contributed by atoms with E-state index in [1.54, 1.807) is 0 Å². The van der Waals surface area contributed by atoms with Gasteiger partial charge in [-0.15, -0.1) is 0 Å². The van der Waals surface area contributed by atoms with Crippen molar-refractivity contribution in [3.05, 3.63) is 29.8 Å². The predicted octanol–water partition coefficient (Wildman–Crippen LogP) is 4.59. The first-order valence-electron chi connectivity index (χ1n) is 7.22. The molecule has 1 rings (SSSR count). The maximum Gasteiger partial charge on any atom is 0.173 e. The molecule has 0 aliphatic carbocycles. The minimum Gasteiger partial charge on any atom is -0.352 e. The van der Waals surface area contributed by atoms with Crippen molar-refractivity contribution in [2.45, 2.75) is 46.0 Å². The highest BCUT2D eigenvalue weighted by Crippen LogP contribution is 2.10. The highest BCUT2D eigenvalue weighted by Gasteiger charge is 2.04. The fourth-order valence-electron chi connectivity index (χ4n) is 1.91. The van der Waals surface area contributed by atoms with Crippen molar-refractivity contribution in [1.82, 2.24) is 4.90 Å². The lowest BCUT2D eigenvalue weighted by molar-refractivity contribution is 0.473. The maximum atomic E-state index is 5.41. The number of hydrogen-bond acceptors (Lipinski definition) is 1. The SMILES string of the molecule is CCCCCCCN(C)C(=S)Nc1ccc(C)cc1. The summed E-state index contributed by atoms with van der Waals surface area (Å²) in [6, 6.07) is 8.32. The zero-order valence-corrected chi connectivity index (χ0v) is 13.2. The Balaban J connectivity index is 2.26. The van der Waals surface area contributed by atoms with Crippen LogP contribution in [-0.2, 0) is 0 Å². The van der Waals surface area contributed by atoms with Crippen LogP contribution >= 0.6 is 12.2 Å². The Morgan fingerprint density at radius 3 is 2.37 bits per heavy atom. The average Bonchev–Trinajstić information content (AvgIpc) is 2.41. The molecule has 0 saturated carbocycles. The van der Waals surface area contributed by atoms with Gasteiger partial charge in [0.1, 0.15) is 0 Å². The molecular formula is C16H26N2S. The summed E-state index contributed by atoms with van der Waals surface area (Å²) < 4.78 is 0. The Kier molecular flexibility index (Phi) is 7.49. The van der Waals surface area contributed by atoms with E-state index in [2.05, 4.69) is 55.4 Å². The van der Waals surface area contributed by atoms with E-state index in [-0.39, 0.29) is 0 Å². The summed E-state index contributed by atoms with van der Waals surface area (Å²) in [5, 5.41) is 4.08. The van der Waals surface area contributed by atoms with Gasteiger partial charge in [0.05, 0.1) is 0 Å². The monoisotopic (exact) mass is 278 g/mol. The molecule has 1 aromatic rings. The maximum absolute atomic E-state index is 5.41. The highest BCUT2D eigenvalue weighted by molar-refractivity contribution is 7.80. The summed E-state index contributed by atoms with van der Waals surface area (Å²) >= 11 is 5.41. The Hall–Kier alpha value is -1.09. The van der Waals surface area contributed by atoms with Crippen LogP contribution in [0.25, 0.3) is 0 Å². The van der Waals surface area contributed by atoms with Gasteiger partial charge in [0.25, 0.3) is 0 Å². The van der Waals surface area contributed by atoms with Crippen molar-refractivity contribution in [3.8, 4) is 0 Å². The Morgan fingerprint density at radius 2 is 1.74 bits per heavy atom. The van der Waals surface area contributed by atoms with Crippen LogP contribution in [0.2, 0.25) is 0 Å². The minimum absolute atomic E-state index is 0.805. The van der Waals surface area contributed by atoms with Crippen LogP contribution in [0.4, 0.5) is 5.69 Å². The Morgan fingerprint density at radius 1 is 1.11 bits per heavy atom. The van der Waals surface area contributed by atoms with E-state index in [4.69, 9.17) is 12.2 Å². The van der Waals surface area contributed by atoms with Gasteiger partial charge in [0.2, 0.25) is 0 Å². The van der Waals surface area contributed by atoms with Crippen molar-refractivity contribution in [3.63, 3.8) is 0 Å². The van der Waals surface area contributed by atoms with E-state index < -0.39 is 0 Å². The first-order valence-corrected chi connectivity index (χ1v) is 7.63. The van der Waals surface area contributed by atoms with Crippen LogP contribution in [0, 0.1) is 6.92 Å². The normalized spacial score (nSPS) is 10.3.